The Bertz CT molecular complexity index is 701. The van der Waals surface area contributed by atoms with Crippen molar-refractivity contribution in [2.75, 3.05) is 18.0 Å². The molecule has 0 saturated carbocycles. The lowest BCUT2D eigenvalue weighted by molar-refractivity contribution is 0.664. The minimum Gasteiger partial charge on any atom is -0.337 e. The summed E-state index contributed by atoms with van der Waals surface area (Å²) >= 11 is 6.08. The Kier molecular flexibility index (Phi) is 3.08. The van der Waals surface area contributed by atoms with E-state index in [1.165, 1.54) is 16.7 Å². The maximum atomic E-state index is 6.08. The molecular weight excluding hydrogens is 284 g/mol. The second-order valence-corrected chi connectivity index (χ2v) is 6.18. The molecule has 1 aromatic carbocycles. The summed E-state index contributed by atoms with van der Waals surface area (Å²) in [4.78, 5) is 11.6. The molecule has 1 aliphatic heterocycles. The molecule has 21 heavy (non-hydrogen) atoms. The summed E-state index contributed by atoms with van der Waals surface area (Å²) in [7, 11) is 0. The van der Waals surface area contributed by atoms with Crippen LogP contribution in [0, 0.1) is 0 Å². The zero-order valence-electron chi connectivity index (χ0n) is 11.7. The van der Waals surface area contributed by atoms with E-state index in [0.29, 0.717) is 12.6 Å². The van der Waals surface area contributed by atoms with Gasteiger partial charge in [0.05, 0.1) is 5.69 Å². The van der Waals surface area contributed by atoms with Crippen LogP contribution in [-0.2, 0) is 6.42 Å². The molecule has 2 N–H and O–H groups in total. The van der Waals surface area contributed by atoms with E-state index in [4.69, 9.17) is 22.3 Å². The first kappa shape index (κ1) is 13.0. The van der Waals surface area contributed by atoms with E-state index in [-0.39, 0.29) is 0 Å². The van der Waals surface area contributed by atoms with Gasteiger partial charge in [-0.2, -0.15) is 0 Å². The largest absolute Gasteiger partial charge is 0.337 e. The highest BCUT2D eigenvalue weighted by Gasteiger charge is 2.28. The standard InChI is InChI=1S/C16H17ClN4/c17-12-3-4-14-10(7-12)6-11-9-19-16(20-15(11)14)21-5-1-2-13(21)8-18/h3-4,7,9,13H,1-2,5-6,8,18H2. The van der Waals surface area contributed by atoms with Crippen LogP contribution in [0.4, 0.5) is 5.95 Å². The number of aromatic nitrogens is 2. The zero-order chi connectivity index (χ0) is 14.4. The van der Waals surface area contributed by atoms with Gasteiger partial charge < -0.3 is 10.6 Å². The molecule has 0 bridgehead atoms. The zero-order valence-corrected chi connectivity index (χ0v) is 12.5. The third kappa shape index (κ3) is 2.10. The van der Waals surface area contributed by atoms with Gasteiger partial charge in [-0.15, -0.1) is 0 Å². The maximum absolute atomic E-state index is 6.08. The van der Waals surface area contributed by atoms with E-state index >= 15 is 0 Å². The van der Waals surface area contributed by atoms with Crippen molar-refractivity contribution in [3.8, 4) is 11.3 Å². The lowest BCUT2D eigenvalue weighted by atomic mass is 10.1. The maximum Gasteiger partial charge on any atom is 0.226 e. The van der Waals surface area contributed by atoms with Crippen molar-refractivity contribution in [3.63, 3.8) is 0 Å². The Morgan fingerprint density at radius 3 is 3.10 bits per heavy atom. The van der Waals surface area contributed by atoms with Crippen LogP contribution in [0.1, 0.15) is 24.0 Å². The summed E-state index contributed by atoms with van der Waals surface area (Å²) in [6.07, 6.45) is 5.11. The van der Waals surface area contributed by atoms with Crippen LogP contribution in [0.15, 0.2) is 24.4 Å². The molecule has 2 aliphatic rings. The van der Waals surface area contributed by atoms with Gasteiger partial charge in [-0.1, -0.05) is 17.7 Å². The topological polar surface area (TPSA) is 55.0 Å². The average molecular weight is 301 g/mol. The van der Waals surface area contributed by atoms with E-state index < -0.39 is 0 Å². The van der Waals surface area contributed by atoms with E-state index in [2.05, 4.69) is 16.0 Å². The van der Waals surface area contributed by atoms with E-state index in [0.717, 1.165) is 42.5 Å². The molecule has 0 spiro atoms. The predicted molar refractivity (Wildman–Crippen MR) is 84.7 cm³/mol. The number of anilines is 1. The predicted octanol–water partition coefficient (Wildman–Crippen LogP) is 2.63. The van der Waals surface area contributed by atoms with Gasteiger partial charge in [0.25, 0.3) is 0 Å². The lowest BCUT2D eigenvalue weighted by Gasteiger charge is -2.23. The number of hydrogen-bond donors (Lipinski definition) is 1. The minimum absolute atomic E-state index is 0.370. The van der Waals surface area contributed by atoms with Gasteiger partial charge >= 0.3 is 0 Å². The Morgan fingerprint density at radius 2 is 2.24 bits per heavy atom. The minimum atomic E-state index is 0.370. The Labute approximate surface area is 129 Å². The Morgan fingerprint density at radius 1 is 1.33 bits per heavy atom. The third-order valence-corrected chi connectivity index (χ3v) is 4.70. The molecule has 1 aliphatic carbocycles. The monoisotopic (exact) mass is 300 g/mol. The first-order chi connectivity index (χ1) is 10.3. The molecule has 1 atom stereocenters. The molecule has 4 rings (SSSR count). The van der Waals surface area contributed by atoms with E-state index in [1.807, 2.05) is 18.3 Å². The van der Waals surface area contributed by atoms with Gasteiger partial charge in [0.15, 0.2) is 0 Å². The Hall–Kier alpha value is -1.65. The normalized spacial score (nSPS) is 19.7. The molecular formula is C16H17ClN4. The van der Waals surface area contributed by atoms with Crippen molar-refractivity contribution >= 4 is 17.5 Å². The summed E-state index contributed by atoms with van der Waals surface area (Å²) in [6.45, 7) is 1.65. The van der Waals surface area contributed by atoms with Crippen molar-refractivity contribution in [2.45, 2.75) is 25.3 Å². The number of hydrogen-bond acceptors (Lipinski definition) is 4. The number of benzene rings is 1. The SMILES string of the molecule is NCC1CCCN1c1ncc2c(n1)-c1ccc(Cl)cc1C2. The fraction of sp³-hybridized carbons (Fsp3) is 0.375. The molecule has 1 aromatic heterocycles. The second kappa shape index (κ2) is 4.97. The fourth-order valence-corrected chi connectivity index (χ4v) is 3.58. The van der Waals surface area contributed by atoms with Crippen molar-refractivity contribution < 1.29 is 0 Å². The molecule has 5 heteroatoms. The molecule has 2 heterocycles. The highest BCUT2D eigenvalue weighted by molar-refractivity contribution is 6.30. The second-order valence-electron chi connectivity index (χ2n) is 5.75. The highest BCUT2D eigenvalue weighted by Crippen LogP contribution is 2.37. The average Bonchev–Trinajstić information content (AvgIpc) is 3.09. The van der Waals surface area contributed by atoms with E-state index in [1.54, 1.807) is 0 Å². The first-order valence-electron chi connectivity index (χ1n) is 7.37. The summed E-state index contributed by atoms with van der Waals surface area (Å²) in [6, 6.07) is 6.38. The van der Waals surface area contributed by atoms with Gasteiger partial charge in [0.1, 0.15) is 0 Å². The molecule has 4 nitrogen and oxygen atoms in total. The fourth-order valence-electron chi connectivity index (χ4n) is 3.39. The van der Waals surface area contributed by atoms with Crippen LogP contribution in [0.3, 0.4) is 0 Å². The van der Waals surface area contributed by atoms with Crippen LogP contribution in [0.25, 0.3) is 11.3 Å². The third-order valence-electron chi connectivity index (χ3n) is 4.46. The molecule has 1 saturated heterocycles. The molecule has 108 valence electrons. The number of rotatable bonds is 2. The number of halogens is 1. The summed E-state index contributed by atoms with van der Waals surface area (Å²) in [5.74, 6) is 0.810. The lowest BCUT2D eigenvalue weighted by Crippen LogP contribution is -2.36. The van der Waals surface area contributed by atoms with Gasteiger partial charge in [0.2, 0.25) is 5.95 Å². The van der Waals surface area contributed by atoms with Crippen molar-refractivity contribution in [1.29, 1.82) is 0 Å². The summed E-state index contributed by atoms with van der Waals surface area (Å²) in [5.41, 5.74) is 10.5. The number of nitrogens with zero attached hydrogens (tertiary/aromatic N) is 3. The van der Waals surface area contributed by atoms with Gasteiger partial charge in [-0.05, 0) is 30.5 Å². The van der Waals surface area contributed by atoms with Crippen molar-refractivity contribution in [1.82, 2.24) is 9.97 Å². The Balaban J connectivity index is 1.75. The van der Waals surface area contributed by atoms with Crippen LogP contribution in [0.5, 0.6) is 0 Å². The van der Waals surface area contributed by atoms with Crippen molar-refractivity contribution in [3.05, 3.63) is 40.5 Å². The smallest absolute Gasteiger partial charge is 0.226 e. The molecule has 0 radical (unpaired) electrons. The first-order valence-corrected chi connectivity index (χ1v) is 7.75. The summed E-state index contributed by atoms with van der Waals surface area (Å²) < 4.78 is 0. The number of nitrogens with two attached hydrogens (primary N) is 1. The van der Waals surface area contributed by atoms with Gasteiger partial charge in [-0.25, -0.2) is 9.97 Å². The van der Waals surface area contributed by atoms with Crippen LogP contribution in [0.2, 0.25) is 5.02 Å². The highest BCUT2D eigenvalue weighted by atomic mass is 35.5. The molecule has 2 aromatic rings. The number of fused-ring (bicyclic) bond motifs is 3. The van der Waals surface area contributed by atoms with Crippen LogP contribution in [-0.4, -0.2) is 29.1 Å². The van der Waals surface area contributed by atoms with Crippen molar-refractivity contribution in [2.24, 2.45) is 5.73 Å². The van der Waals surface area contributed by atoms with E-state index in [9.17, 15) is 0 Å². The molecule has 0 amide bonds. The van der Waals surface area contributed by atoms with Gasteiger partial charge in [-0.3, -0.25) is 0 Å². The molecule has 1 fully saturated rings. The van der Waals surface area contributed by atoms with Gasteiger partial charge in [0, 0.05) is 47.9 Å². The van der Waals surface area contributed by atoms with Crippen LogP contribution >= 0.6 is 11.6 Å². The quantitative estimate of drug-likeness (QED) is 0.790. The summed E-state index contributed by atoms with van der Waals surface area (Å²) in [5, 5.41) is 0.775. The van der Waals surface area contributed by atoms with Crippen LogP contribution < -0.4 is 10.6 Å². The molecule has 1 unspecified atom stereocenters.